The van der Waals surface area contributed by atoms with Gasteiger partial charge in [-0.15, -0.1) is 11.3 Å². The molecule has 4 nitrogen and oxygen atoms in total. The summed E-state index contributed by atoms with van der Waals surface area (Å²) >= 11 is 1.43. The number of aromatic nitrogens is 1. The zero-order valence-corrected chi connectivity index (χ0v) is 14.5. The van der Waals surface area contributed by atoms with Gasteiger partial charge in [0.25, 0.3) is 0 Å². The van der Waals surface area contributed by atoms with E-state index in [1.54, 1.807) is 0 Å². The van der Waals surface area contributed by atoms with E-state index < -0.39 is 9.84 Å². The van der Waals surface area contributed by atoms with Crippen LogP contribution in [0, 0.1) is 0 Å². The quantitative estimate of drug-likeness (QED) is 0.840. The summed E-state index contributed by atoms with van der Waals surface area (Å²) in [6.07, 6.45) is 3.40. The minimum Gasteiger partial charge on any atom is -0.297 e. The Labute approximate surface area is 135 Å². The van der Waals surface area contributed by atoms with Crippen molar-refractivity contribution in [2.24, 2.45) is 0 Å². The number of likely N-dealkylation sites (N-methyl/N-ethyl adjacent to an activating group) is 1. The molecular formula is C16H20N2O2S2. The van der Waals surface area contributed by atoms with Crippen molar-refractivity contribution in [1.82, 2.24) is 9.88 Å². The van der Waals surface area contributed by atoms with E-state index in [2.05, 4.69) is 41.2 Å². The van der Waals surface area contributed by atoms with E-state index in [0.717, 1.165) is 25.1 Å². The second-order valence-corrected chi connectivity index (χ2v) is 9.13. The molecule has 0 saturated heterocycles. The molecule has 0 fully saturated rings. The van der Waals surface area contributed by atoms with Crippen LogP contribution in [0.1, 0.15) is 21.8 Å². The van der Waals surface area contributed by atoms with Crippen LogP contribution in [0.4, 0.5) is 0 Å². The van der Waals surface area contributed by atoms with Crippen molar-refractivity contribution in [3.8, 4) is 0 Å². The maximum absolute atomic E-state index is 11.3. The third kappa shape index (κ3) is 3.74. The van der Waals surface area contributed by atoms with Gasteiger partial charge in [0, 0.05) is 24.2 Å². The molecule has 1 aromatic carbocycles. The normalized spacial score (nSPS) is 15.4. The summed E-state index contributed by atoms with van der Waals surface area (Å²) < 4.78 is 22.6. The third-order valence-electron chi connectivity index (χ3n) is 4.05. The summed E-state index contributed by atoms with van der Waals surface area (Å²) in [5, 5.41) is 2.65. The number of sulfone groups is 1. The van der Waals surface area contributed by atoms with Crippen molar-refractivity contribution >= 4 is 21.2 Å². The molecule has 6 heteroatoms. The average Bonchev–Trinajstić information content (AvgIpc) is 3.03. The van der Waals surface area contributed by atoms with E-state index >= 15 is 0 Å². The monoisotopic (exact) mass is 336 g/mol. The molecule has 1 aliphatic carbocycles. The van der Waals surface area contributed by atoms with Gasteiger partial charge in [-0.1, -0.05) is 24.3 Å². The number of hydrogen-bond donors (Lipinski definition) is 0. The molecule has 0 aliphatic heterocycles. The van der Waals surface area contributed by atoms with E-state index in [1.807, 2.05) is 5.38 Å². The molecule has 0 amide bonds. The van der Waals surface area contributed by atoms with Crippen molar-refractivity contribution in [2.75, 3.05) is 13.3 Å². The van der Waals surface area contributed by atoms with E-state index in [-0.39, 0.29) is 5.75 Å². The molecule has 0 saturated carbocycles. The molecule has 0 bridgehead atoms. The van der Waals surface area contributed by atoms with E-state index in [0.29, 0.717) is 11.0 Å². The number of rotatable bonds is 5. The zero-order chi connectivity index (χ0) is 15.7. The Bertz CT molecular complexity index is 743. The topological polar surface area (TPSA) is 50.3 Å². The lowest BCUT2D eigenvalue weighted by molar-refractivity contribution is 0.238. The number of fused-ring (bicyclic) bond motifs is 1. The van der Waals surface area contributed by atoms with Gasteiger partial charge < -0.3 is 0 Å². The molecule has 1 aliphatic rings. The molecule has 0 unspecified atom stereocenters. The lowest BCUT2D eigenvalue weighted by Gasteiger charge is -2.23. The average molecular weight is 336 g/mol. The highest BCUT2D eigenvalue weighted by atomic mass is 32.2. The Morgan fingerprint density at radius 3 is 2.50 bits per heavy atom. The van der Waals surface area contributed by atoms with Gasteiger partial charge >= 0.3 is 0 Å². The van der Waals surface area contributed by atoms with Crippen molar-refractivity contribution < 1.29 is 8.42 Å². The summed E-state index contributed by atoms with van der Waals surface area (Å²) in [7, 11) is -0.893. The first-order valence-electron chi connectivity index (χ1n) is 7.29. The van der Waals surface area contributed by atoms with Gasteiger partial charge in [0.05, 0.1) is 5.69 Å². The zero-order valence-electron chi connectivity index (χ0n) is 12.8. The Kier molecular flexibility index (Phi) is 4.34. The number of thiazole rings is 1. The molecule has 3 rings (SSSR count). The van der Waals surface area contributed by atoms with E-state index in [4.69, 9.17) is 0 Å². The van der Waals surface area contributed by atoms with Gasteiger partial charge in [-0.2, -0.15) is 0 Å². The predicted octanol–water partition coefficient (Wildman–Crippen LogP) is 2.29. The maximum Gasteiger partial charge on any atom is 0.153 e. The van der Waals surface area contributed by atoms with Crippen molar-refractivity contribution in [3.05, 3.63) is 51.5 Å². The number of hydrogen-bond acceptors (Lipinski definition) is 5. The second-order valence-electron chi connectivity index (χ2n) is 6.05. The Morgan fingerprint density at radius 2 is 1.91 bits per heavy atom. The van der Waals surface area contributed by atoms with Crippen molar-refractivity contribution in [3.63, 3.8) is 0 Å². The molecule has 1 aromatic heterocycles. The molecule has 0 atom stereocenters. The van der Waals surface area contributed by atoms with Crippen LogP contribution >= 0.6 is 11.3 Å². The van der Waals surface area contributed by atoms with Crippen LogP contribution < -0.4 is 0 Å². The van der Waals surface area contributed by atoms with E-state index in [9.17, 15) is 8.42 Å². The van der Waals surface area contributed by atoms with Crippen LogP contribution in [0.5, 0.6) is 0 Å². The predicted molar refractivity (Wildman–Crippen MR) is 89.8 cm³/mol. The molecule has 0 spiro atoms. The summed E-state index contributed by atoms with van der Waals surface area (Å²) in [6, 6.07) is 9.10. The van der Waals surface area contributed by atoms with Crippen LogP contribution in [0.2, 0.25) is 0 Å². The first kappa shape index (κ1) is 15.6. The Hall–Kier alpha value is -1.24. The lowest BCUT2D eigenvalue weighted by Crippen LogP contribution is -2.31. The second kappa shape index (κ2) is 6.10. The van der Waals surface area contributed by atoms with Crippen LogP contribution in [-0.2, 0) is 35.0 Å². The molecule has 118 valence electrons. The lowest BCUT2D eigenvalue weighted by atomic mass is 10.1. The summed E-state index contributed by atoms with van der Waals surface area (Å²) in [4.78, 5) is 6.77. The Morgan fingerprint density at radius 1 is 1.27 bits per heavy atom. The highest BCUT2D eigenvalue weighted by Crippen LogP contribution is 2.25. The fourth-order valence-electron chi connectivity index (χ4n) is 2.94. The molecule has 0 N–H and O–H groups in total. The van der Waals surface area contributed by atoms with Gasteiger partial charge in [0.1, 0.15) is 10.8 Å². The molecule has 22 heavy (non-hydrogen) atoms. The first-order valence-corrected chi connectivity index (χ1v) is 10.2. The molecule has 0 radical (unpaired) electrons. The number of benzene rings is 1. The van der Waals surface area contributed by atoms with Crippen LogP contribution in [0.25, 0.3) is 0 Å². The van der Waals surface area contributed by atoms with Gasteiger partial charge in [0.15, 0.2) is 9.84 Å². The van der Waals surface area contributed by atoms with Gasteiger partial charge in [-0.05, 0) is 31.0 Å². The third-order valence-corrected chi connectivity index (χ3v) is 5.93. The number of nitrogens with zero attached hydrogens (tertiary/aromatic N) is 2. The summed E-state index contributed by atoms with van der Waals surface area (Å²) in [5.41, 5.74) is 3.84. The minimum absolute atomic E-state index is 0.0379. The first-order chi connectivity index (χ1) is 10.4. The summed E-state index contributed by atoms with van der Waals surface area (Å²) in [5.74, 6) is 0.0379. The van der Waals surface area contributed by atoms with Crippen LogP contribution in [0.3, 0.4) is 0 Å². The molecular weight excluding hydrogens is 316 g/mol. The molecule has 2 aromatic rings. The van der Waals surface area contributed by atoms with Crippen LogP contribution in [-0.4, -0.2) is 37.6 Å². The molecule has 1 heterocycles. The van der Waals surface area contributed by atoms with E-state index in [1.165, 1.54) is 28.7 Å². The highest BCUT2D eigenvalue weighted by Gasteiger charge is 2.24. The Balaban J connectivity index is 1.62. The van der Waals surface area contributed by atoms with Gasteiger partial charge in [-0.3, -0.25) is 4.90 Å². The van der Waals surface area contributed by atoms with Crippen molar-refractivity contribution in [1.29, 1.82) is 0 Å². The fourth-order valence-corrected chi connectivity index (χ4v) is 4.94. The minimum atomic E-state index is -3.01. The van der Waals surface area contributed by atoms with Crippen LogP contribution in [0.15, 0.2) is 29.6 Å². The largest absolute Gasteiger partial charge is 0.297 e. The SMILES string of the molecule is CN(Cc1csc(CS(C)(=O)=O)n1)C1Cc2ccccc2C1. The highest BCUT2D eigenvalue weighted by molar-refractivity contribution is 7.90. The summed E-state index contributed by atoms with van der Waals surface area (Å²) in [6.45, 7) is 0.763. The maximum atomic E-state index is 11.3. The fraction of sp³-hybridized carbons (Fsp3) is 0.438. The standard InChI is InChI=1S/C16H20N2O2S2/c1-18(15-7-12-5-3-4-6-13(12)8-15)9-14-10-21-16(17-14)11-22(2,19)20/h3-6,10,15H,7-9,11H2,1-2H3. The van der Waals surface area contributed by atoms with Gasteiger partial charge in [-0.25, -0.2) is 13.4 Å². The van der Waals surface area contributed by atoms with Gasteiger partial charge in [0.2, 0.25) is 0 Å². The van der Waals surface area contributed by atoms with Crippen molar-refractivity contribution in [2.45, 2.75) is 31.2 Å². The smallest absolute Gasteiger partial charge is 0.153 e.